The molecule has 0 atom stereocenters. The highest BCUT2D eigenvalue weighted by molar-refractivity contribution is 5.95. The summed E-state index contributed by atoms with van der Waals surface area (Å²) in [6, 6.07) is 11.1. The normalized spacial score (nSPS) is 11.5. The molecule has 4 aromatic rings. The van der Waals surface area contributed by atoms with E-state index in [0.29, 0.717) is 17.0 Å². The first-order valence-corrected chi connectivity index (χ1v) is 9.20. The summed E-state index contributed by atoms with van der Waals surface area (Å²) in [5, 5.41) is 3.47. The highest BCUT2D eigenvalue weighted by atomic mass is 19.4. The van der Waals surface area contributed by atoms with Gasteiger partial charge in [0.15, 0.2) is 12.4 Å². The number of hydrogen-bond acceptors (Lipinski definition) is 5. The average molecular weight is 427 g/mol. The van der Waals surface area contributed by atoms with E-state index in [1.54, 1.807) is 36.8 Å². The lowest BCUT2D eigenvalue weighted by molar-refractivity contribution is -0.137. The summed E-state index contributed by atoms with van der Waals surface area (Å²) in [5.74, 6) is 0.256. The van der Waals surface area contributed by atoms with Gasteiger partial charge in [-0.05, 0) is 55.5 Å². The quantitative estimate of drug-likeness (QED) is 0.472. The molecule has 1 amide bonds. The fourth-order valence-electron chi connectivity index (χ4n) is 2.97. The Hall–Kier alpha value is -3.88. The molecule has 9 heteroatoms. The summed E-state index contributed by atoms with van der Waals surface area (Å²) in [6.45, 7) is 1.49. The van der Waals surface area contributed by atoms with Gasteiger partial charge in [0.1, 0.15) is 12.0 Å². The number of amides is 1. The molecule has 2 aromatic carbocycles. The van der Waals surface area contributed by atoms with Crippen molar-refractivity contribution in [2.45, 2.75) is 13.1 Å². The molecule has 31 heavy (non-hydrogen) atoms. The molecule has 0 radical (unpaired) electrons. The fraction of sp³-hybridized carbons (Fsp3) is 0.136. The number of hydrogen-bond donors (Lipinski definition) is 1. The minimum Gasteiger partial charge on any atom is -0.484 e. The molecule has 0 unspecified atom stereocenters. The number of nitrogens with zero attached hydrogens (tertiary/aromatic N) is 2. The Labute approximate surface area is 174 Å². The zero-order valence-electron chi connectivity index (χ0n) is 16.2. The standard InChI is InChI=1S/C22H16F3N3O3/c1-13-18-10-16(4-7-19(18)28-21(26-13)14-8-9-30-11-14)27-20(29)12-31-17-5-2-15(3-6-17)22(23,24)25/h2-11H,12H2,1H3,(H,27,29). The van der Waals surface area contributed by atoms with E-state index in [2.05, 4.69) is 15.3 Å². The molecule has 2 aromatic heterocycles. The van der Waals surface area contributed by atoms with E-state index in [1.807, 2.05) is 6.92 Å². The molecule has 0 saturated carbocycles. The maximum atomic E-state index is 12.6. The highest BCUT2D eigenvalue weighted by Gasteiger charge is 2.30. The van der Waals surface area contributed by atoms with Gasteiger partial charge in [-0.2, -0.15) is 13.2 Å². The van der Waals surface area contributed by atoms with E-state index in [4.69, 9.17) is 9.15 Å². The van der Waals surface area contributed by atoms with E-state index in [1.165, 1.54) is 12.1 Å². The van der Waals surface area contributed by atoms with Crippen molar-refractivity contribution in [2.24, 2.45) is 0 Å². The molecule has 6 nitrogen and oxygen atoms in total. The molecule has 0 aliphatic rings. The van der Waals surface area contributed by atoms with Gasteiger partial charge < -0.3 is 14.5 Å². The van der Waals surface area contributed by atoms with Crippen LogP contribution < -0.4 is 10.1 Å². The van der Waals surface area contributed by atoms with Crippen molar-refractivity contribution in [3.63, 3.8) is 0 Å². The van der Waals surface area contributed by atoms with E-state index in [9.17, 15) is 18.0 Å². The van der Waals surface area contributed by atoms with Crippen LogP contribution in [-0.2, 0) is 11.0 Å². The molecule has 0 aliphatic carbocycles. The van der Waals surface area contributed by atoms with Crippen molar-refractivity contribution in [3.8, 4) is 17.1 Å². The predicted molar refractivity (Wildman–Crippen MR) is 108 cm³/mol. The number of nitrogens with one attached hydrogen (secondary N) is 1. The number of ether oxygens (including phenoxy) is 1. The van der Waals surface area contributed by atoms with Crippen LogP contribution in [0.1, 0.15) is 11.3 Å². The number of carbonyl (C=O) groups excluding carboxylic acids is 1. The maximum Gasteiger partial charge on any atom is 0.416 e. The van der Waals surface area contributed by atoms with Crippen LogP contribution in [0.15, 0.2) is 65.5 Å². The lowest BCUT2D eigenvalue weighted by Gasteiger charge is -2.10. The van der Waals surface area contributed by atoms with Crippen LogP contribution in [0.2, 0.25) is 0 Å². The number of benzene rings is 2. The lowest BCUT2D eigenvalue weighted by atomic mass is 10.1. The van der Waals surface area contributed by atoms with E-state index in [-0.39, 0.29) is 12.4 Å². The Morgan fingerprint density at radius 1 is 1.10 bits per heavy atom. The highest BCUT2D eigenvalue weighted by Crippen LogP contribution is 2.30. The van der Waals surface area contributed by atoms with Crippen molar-refractivity contribution in [1.29, 1.82) is 0 Å². The van der Waals surface area contributed by atoms with E-state index in [0.717, 1.165) is 28.8 Å². The third-order valence-electron chi connectivity index (χ3n) is 4.50. The number of aromatic nitrogens is 2. The van der Waals surface area contributed by atoms with Crippen molar-refractivity contribution >= 4 is 22.5 Å². The van der Waals surface area contributed by atoms with Crippen molar-refractivity contribution in [3.05, 3.63) is 72.3 Å². The van der Waals surface area contributed by atoms with Gasteiger partial charge in [-0.15, -0.1) is 0 Å². The van der Waals surface area contributed by atoms with Crippen LogP contribution in [0.5, 0.6) is 5.75 Å². The van der Waals surface area contributed by atoms with Gasteiger partial charge in [0, 0.05) is 16.8 Å². The fourth-order valence-corrected chi connectivity index (χ4v) is 2.97. The monoisotopic (exact) mass is 427 g/mol. The van der Waals surface area contributed by atoms with Crippen LogP contribution in [-0.4, -0.2) is 22.5 Å². The Morgan fingerprint density at radius 2 is 1.87 bits per heavy atom. The first kappa shape index (κ1) is 20.4. The first-order valence-electron chi connectivity index (χ1n) is 9.20. The van der Waals surface area contributed by atoms with Gasteiger partial charge in [0.05, 0.1) is 22.9 Å². The van der Waals surface area contributed by atoms with Crippen molar-refractivity contribution in [1.82, 2.24) is 9.97 Å². The molecule has 1 N–H and O–H groups in total. The van der Waals surface area contributed by atoms with E-state index < -0.39 is 17.6 Å². The lowest BCUT2D eigenvalue weighted by Crippen LogP contribution is -2.20. The van der Waals surface area contributed by atoms with Crippen LogP contribution in [0.4, 0.5) is 18.9 Å². The van der Waals surface area contributed by atoms with Crippen LogP contribution in [0.3, 0.4) is 0 Å². The third-order valence-corrected chi connectivity index (χ3v) is 4.50. The van der Waals surface area contributed by atoms with Gasteiger partial charge >= 0.3 is 6.18 Å². The molecular weight excluding hydrogens is 411 g/mol. The van der Waals surface area contributed by atoms with E-state index >= 15 is 0 Å². The van der Waals surface area contributed by atoms with Crippen LogP contribution in [0, 0.1) is 6.92 Å². The smallest absolute Gasteiger partial charge is 0.416 e. The van der Waals surface area contributed by atoms with Gasteiger partial charge in [-0.25, -0.2) is 9.97 Å². The zero-order chi connectivity index (χ0) is 22.0. The number of furan rings is 1. The van der Waals surface area contributed by atoms with Gasteiger partial charge in [-0.1, -0.05) is 0 Å². The van der Waals surface area contributed by atoms with Crippen LogP contribution in [0.25, 0.3) is 22.3 Å². The molecule has 0 saturated heterocycles. The Balaban J connectivity index is 1.42. The molecular formula is C22H16F3N3O3. The largest absolute Gasteiger partial charge is 0.484 e. The first-order chi connectivity index (χ1) is 14.8. The third kappa shape index (κ3) is 4.66. The van der Waals surface area contributed by atoms with Crippen molar-refractivity contribution in [2.75, 3.05) is 11.9 Å². The summed E-state index contributed by atoms with van der Waals surface area (Å²) < 4.78 is 48.1. The number of alkyl halides is 3. The summed E-state index contributed by atoms with van der Waals surface area (Å²) in [5.41, 5.74) is 1.95. The molecule has 0 spiro atoms. The Bertz CT molecular complexity index is 1220. The molecule has 2 heterocycles. The summed E-state index contributed by atoms with van der Waals surface area (Å²) >= 11 is 0. The predicted octanol–water partition coefficient (Wildman–Crippen LogP) is 5.23. The number of rotatable bonds is 5. The number of aryl methyl sites for hydroxylation is 1. The zero-order valence-corrected chi connectivity index (χ0v) is 16.2. The molecule has 4 rings (SSSR count). The Morgan fingerprint density at radius 3 is 2.55 bits per heavy atom. The SMILES string of the molecule is Cc1nc(-c2ccoc2)nc2ccc(NC(=O)COc3ccc(C(F)(F)F)cc3)cc12. The van der Waals surface area contributed by atoms with Gasteiger partial charge in [-0.3, -0.25) is 4.79 Å². The summed E-state index contributed by atoms with van der Waals surface area (Å²) in [6.07, 6.45) is -1.32. The molecule has 0 bridgehead atoms. The Kier molecular flexibility index (Phi) is 5.33. The molecule has 0 aliphatic heterocycles. The van der Waals surface area contributed by atoms with Crippen molar-refractivity contribution < 1.29 is 27.1 Å². The van der Waals surface area contributed by atoms with Gasteiger partial charge in [0.25, 0.3) is 5.91 Å². The minimum absolute atomic E-state index is 0.165. The number of halogens is 3. The maximum absolute atomic E-state index is 12.6. The second kappa shape index (κ2) is 8.10. The molecule has 158 valence electrons. The number of fused-ring (bicyclic) bond motifs is 1. The topological polar surface area (TPSA) is 77.3 Å². The average Bonchev–Trinajstić information content (AvgIpc) is 3.27. The summed E-state index contributed by atoms with van der Waals surface area (Å²) in [4.78, 5) is 21.2. The molecule has 0 fully saturated rings. The minimum atomic E-state index is -4.42. The second-order valence-corrected chi connectivity index (χ2v) is 6.74. The van der Waals surface area contributed by atoms with Crippen LogP contribution >= 0.6 is 0 Å². The second-order valence-electron chi connectivity index (χ2n) is 6.74. The summed E-state index contributed by atoms with van der Waals surface area (Å²) in [7, 11) is 0. The number of anilines is 1. The number of carbonyl (C=O) groups is 1. The van der Waals surface area contributed by atoms with Gasteiger partial charge in [0.2, 0.25) is 0 Å².